The third kappa shape index (κ3) is 4.69. The standard InChI is InChI=1S/C21H18F2N2O6S/c22-15-3-6-18(19(23)11-15)20-12-16(24-31-20)13-30-21(26)14-1-4-17(5-2-14)32(27,28)25-7-9-29-10-8-25/h1-6,11-12H,7-10,13H2. The first kappa shape index (κ1) is 22.1. The highest BCUT2D eigenvalue weighted by Crippen LogP contribution is 2.24. The molecule has 0 aliphatic carbocycles. The predicted molar refractivity (Wildman–Crippen MR) is 107 cm³/mol. The van der Waals surface area contributed by atoms with Gasteiger partial charge in [0.05, 0.1) is 29.2 Å². The fourth-order valence-corrected chi connectivity index (χ4v) is 4.53. The Balaban J connectivity index is 1.39. The number of carbonyl (C=O) groups is 1. The van der Waals surface area contributed by atoms with Crippen LogP contribution in [0.1, 0.15) is 16.1 Å². The second-order valence-electron chi connectivity index (χ2n) is 6.92. The molecule has 1 aromatic heterocycles. The molecule has 8 nitrogen and oxygen atoms in total. The van der Waals surface area contributed by atoms with Gasteiger partial charge >= 0.3 is 5.97 Å². The fraction of sp³-hybridized carbons (Fsp3) is 0.238. The van der Waals surface area contributed by atoms with Crippen LogP contribution in [0.5, 0.6) is 0 Å². The summed E-state index contributed by atoms with van der Waals surface area (Å²) in [6.07, 6.45) is 0. The summed E-state index contributed by atoms with van der Waals surface area (Å²) >= 11 is 0. The minimum atomic E-state index is -3.66. The van der Waals surface area contributed by atoms with Crippen LogP contribution in [0.25, 0.3) is 11.3 Å². The van der Waals surface area contributed by atoms with Crippen molar-refractivity contribution in [3.05, 3.63) is 71.4 Å². The molecule has 4 rings (SSSR count). The van der Waals surface area contributed by atoms with Crippen molar-refractivity contribution in [3.8, 4) is 11.3 Å². The Morgan fingerprint density at radius 2 is 1.78 bits per heavy atom. The van der Waals surface area contributed by atoms with Crippen LogP contribution >= 0.6 is 0 Å². The number of ether oxygens (including phenoxy) is 2. The summed E-state index contributed by atoms with van der Waals surface area (Å²) in [4.78, 5) is 12.4. The van der Waals surface area contributed by atoms with Crippen molar-refractivity contribution < 1.29 is 36.0 Å². The van der Waals surface area contributed by atoms with Gasteiger partial charge in [-0.3, -0.25) is 0 Å². The van der Waals surface area contributed by atoms with E-state index in [0.717, 1.165) is 12.1 Å². The van der Waals surface area contributed by atoms with Crippen LogP contribution in [0, 0.1) is 11.6 Å². The van der Waals surface area contributed by atoms with E-state index >= 15 is 0 Å². The number of sulfonamides is 1. The topological polar surface area (TPSA) is 98.9 Å². The molecule has 1 aliphatic rings. The van der Waals surface area contributed by atoms with Gasteiger partial charge in [-0.05, 0) is 36.4 Å². The Bertz CT molecular complexity index is 1220. The van der Waals surface area contributed by atoms with Gasteiger partial charge in [-0.1, -0.05) is 5.16 Å². The molecule has 0 saturated carbocycles. The van der Waals surface area contributed by atoms with E-state index in [-0.39, 0.29) is 47.2 Å². The molecule has 0 radical (unpaired) electrons. The molecule has 0 atom stereocenters. The zero-order valence-corrected chi connectivity index (χ0v) is 17.5. The summed E-state index contributed by atoms with van der Waals surface area (Å²) in [5, 5.41) is 3.71. The lowest BCUT2D eigenvalue weighted by Crippen LogP contribution is -2.40. The van der Waals surface area contributed by atoms with Gasteiger partial charge in [0.2, 0.25) is 10.0 Å². The molecule has 0 amide bonds. The summed E-state index contributed by atoms with van der Waals surface area (Å²) in [7, 11) is -3.66. The number of hydrogen-bond donors (Lipinski definition) is 0. The molecule has 1 saturated heterocycles. The van der Waals surface area contributed by atoms with Gasteiger partial charge in [-0.2, -0.15) is 4.31 Å². The number of nitrogens with zero attached hydrogens (tertiary/aromatic N) is 2. The number of aromatic nitrogens is 1. The van der Waals surface area contributed by atoms with E-state index in [1.807, 2.05) is 0 Å². The molecule has 11 heteroatoms. The molecular formula is C21H18F2N2O6S. The van der Waals surface area contributed by atoms with Gasteiger partial charge in [0.15, 0.2) is 5.76 Å². The van der Waals surface area contributed by atoms with E-state index < -0.39 is 27.6 Å². The van der Waals surface area contributed by atoms with Crippen molar-refractivity contribution in [2.24, 2.45) is 0 Å². The van der Waals surface area contributed by atoms with E-state index in [9.17, 15) is 22.0 Å². The molecule has 2 heterocycles. The molecule has 1 fully saturated rings. The fourth-order valence-electron chi connectivity index (χ4n) is 3.12. The molecule has 0 spiro atoms. The zero-order valence-electron chi connectivity index (χ0n) is 16.7. The van der Waals surface area contributed by atoms with Crippen molar-refractivity contribution in [2.75, 3.05) is 26.3 Å². The minimum absolute atomic E-state index is 0.0218. The van der Waals surface area contributed by atoms with Gasteiger partial charge < -0.3 is 14.0 Å². The highest BCUT2D eigenvalue weighted by Gasteiger charge is 2.26. The predicted octanol–water partition coefficient (Wildman–Crippen LogP) is 3.00. The van der Waals surface area contributed by atoms with E-state index in [4.69, 9.17) is 14.0 Å². The van der Waals surface area contributed by atoms with Crippen LogP contribution in [0.2, 0.25) is 0 Å². The van der Waals surface area contributed by atoms with Gasteiger partial charge in [-0.15, -0.1) is 0 Å². The molecule has 32 heavy (non-hydrogen) atoms. The third-order valence-electron chi connectivity index (χ3n) is 4.80. The Labute approximate surface area is 182 Å². The van der Waals surface area contributed by atoms with Gasteiger partial charge in [0, 0.05) is 25.2 Å². The van der Waals surface area contributed by atoms with Crippen LogP contribution in [0.15, 0.2) is 57.9 Å². The molecule has 1 aliphatic heterocycles. The molecule has 0 N–H and O–H groups in total. The first-order valence-corrected chi connectivity index (χ1v) is 11.0. The lowest BCUT2D eigenvalue weighted by atomic mass is 10.1. The maximum Gasteiger partial charge on any atom is 0.338 e. The molecule has 0 unspecified atom stereocenters. The molecule has 168 valence electrons. The Morgan fingerprint density at radius 3 is 2.47 bits per heavy atom. The van der Waals surface area contributed by atoms with E-state index in [1.54, 1.807) is 0 Å². The smallest absolute Gasteiger partial charge is 0.338 e. The van der Waals surface area contributed by atoms with Crippen LogP contribution in [0.3, 0.4) is 0 Å². The second kappa shape index (κ2) is 9.15. The number of morpholine rings is 1. The van der Waals surface area contributed by atoms with Crippen molar-refractivity contribution in [3.63, 3.8) is 0 Å². The van der Waals surface area contributed by atoms with E-state index in [2.05, 4.69) is 5.16 Å². The van der Waals surface area contributed by atoms with Crippen molar-refractivity contribution in [1.82, 2.24) is 9.46 Å². The monoisotopic (exact) mass is 464 g/mol. The number of benzene rings is 2. The second-order valence-corrected chi connectivity index (χ2v) is 8.86. The zero-order chi connectivity index (χ0) is 22.7. The van der Waals surface area contributed by atoms with Gasteiger partial charge in [0.25, 0.3) is 0 Å². The lowest BCUT2D eigenvalue weighted by Gasteiger charge is -2.26. The maximum absolute atomic E-state index is 13.9. The highest BCUT2D eigenvalue weighted by molar-refractivity contribution is 7.89. The minimum Gasteiger partial charge on any atom is -0.455 e. The molecule has 3 aromatic rings. The Morgan fingerprint density at radius 1 is 1.06 bits per heavy atom. The van der Waals surface area contributed by atoms with Gasteiger partial charge in [0.1, 0.15) is 23.9 Å². The van der Waals surface area contributed by atoms with E-state index in [0.29, 0.717) is 13.2 Å². The first-order valence-electron chi connectivity index (χ1n) is 9.61. The maximum atomic E-state index is 13.9. The van der Waals surface area contributed by atoms with Gasteiger partial charge in [-0.25, -0.2) is 22.0 Å². The lowest BCUT2D eigenvalue weighted by molar-refractivity contribution is 0.0464. The summed E-state index contributed by atoms with van der Waals surface area (Å²) in [5.74, 6) is -2.16. The van der Waals surface area contributed by atoms with Crippen LogP contribution in [0.4, 0.5) is 8.78 Å². The Hall–Kier alpha value is -3.15. The van der Waals surface area contributed by atoms with Crippen LogP contribution in [-0.4, -0.2) is 50.2 Å². The number of esters is 1. The Kier molecular flexibility index (Phi) is 6.31. The SMILES string of the molecule is O=C(OCc1cc(-c2ccc(F)cc2F)on1)c1ccc(S(=O)(=O)N2CCOCC2)cc1. The number of halogens is 2. The van der Waals surface area contributed by atoms with Crippen molar-refractivity contribution in [1.29, 1.82) is 0 Å². The first-order chi connectivity index (χ1) is 15.3. The average Bonchev–Trinajstić information content (AvgIpc) is 3.27. The van der Waals surface area contributed by atoms with E-state index in [1.165, 1.54) is 40.7 Å². The summed E-state index contributed by atoms with van der Waals surface area (Å²) < 4.78 is 68.8. The average molecular weight is 464 g/mol. The number of carbonyl (C=O) groups excluding carboxylic acids is 1. The third-order valence-corrected chi connectivity index (χ3v) is 6.72. The molecule has 2 aromatic carbocycles. The number of hydrogen-bond acceptors (Lipinski definition) is 7. The summed E-state index contributed by atoms with van der Waals surface area (Å²) in [5.41, 5.74) is 0.399. The highest BCUT2D eigenvalue weighted by atomic mass is 32.2. The van der Waals surface area contributed by atoms with Crippen LogP contribution < -0.4 is 0 Å². The largest absolute Gasteiger partial charge is 0.455 e. The summed E-state index contributed by atoms with van der Waals surface area (Å²) in [6.45, 7) is 0.961. The van der Waals surface area contributed by atoms with Crippen molar-refractivity contribution >= 4 is 16.0 Å². The number of rotatable bonds is 6. The normalized spacial score (nSPS) is 14.9. The van der Waals surface area contributed by atoms with Crippen molar-refractivity contribution in [2.45, 2.75) is 11.5 Å². The van der Waals surface area contributed by atoms with Crippen LogP contribution in [-0.2, 0) is 26.1 Å². The summed E-state index contributed by atoms with van der Waals surface area (Å²) in [6, 6.07) is 9.80. The quantitative estimate of drug-likeness (QED) is 0.517. The molecule has 0 bridgehead atoms. The molecular weight excluding hydrogens is 446 g/mol.